The van der Waals surface area contributed by atoms with Gasteiger partial charge in [-0.05, 0) is 30.8 Å². The minimum absolute atomic E-state index is 0.206. The molecule has 0 fully saturated rings. The Morgan fingerprint density at radius 3 is 2.56 bits per heavy atom. The van der Waals surface area contributed by atoms with Crippen LogP contribution in [-0.2, 0) is 6.54 Å². The molecule has 3 rings (SSSR count). The molecule has 0 aliphatic carbocycles. The van der Waals surface area contributed by atoms with Crippen molar-refractivity contribution in [3.8, 4) is 11.4 Å². The molecule has 0 amide bonds. The monoisotopic (exact) mass is 403 g/mol. The highest BCUT2D eigenvalue weighted by molar-refractivity contribution is 7.99. The Morgan fingerprint density at radius 1 is 1.15 bits per heavy atom. The quantitative estimate of drug-likeness (QED) is 0.612. The van der Waals surface area contributed by atoms with E-state index in [-0.39, 0.29) is 5.92 Å². The van der Waals surface area contributed by atoms with E-state index in [4.69, 9.17) is 11.6 Å². The van der Waals surface area contributed by atoms with Crippen LogP contribution < -0.4 is 4.90 Å². The summed E-state index contributed by atoms with van der Waals surface area (Å²) in [6, 6.07) is 7.61. The van der Waals surface area contributed by atoms with E-state index >= 15 is 0 Å². The van der Waals surface area contributed by atoms with Gasteiger partial charge in [0, 0.05) is 37.1 Å². The maximum atomic E-state index is 6.13. The first kappa shape index (κ1) is 19.6. The van der Waals surface area contributed by atoms with Crippen molar-refractivity contribution in [3.05, 3.63) is 35.1 Å². The third kappa shape index (κ3) is 4.39. The van der Waals surface area contributed by atoms with Gasteiger partial charge in [-0.1, -0.05) is 37.6 Å². The minimum Gasteiger partial charge on any atom is -0.347 e. The summed E-state index contributed by atoms with van der Waals surface area (Å²) in [5.41, 5.74) is 0.927. The van der Waals surface area contributed by atoms with Gasteiger partial charge in [0.05, 0.1) is 0 Å². The molecule has 0 saturated carbocycles. The lowest BCUT2D eigenvalue weighted by molar-refractivity contribution is 0.680. The smallest absolute Gasteiger partial charge is 0.229 e. The second kappa shape index (κ2) is 8.22. The predicted molar refractivity (Wildman–Crippen MR) is 109 cm³/mol. The van der Waals surface area contributed by atoms with Crippen molar-refractivity contribution in [2.24, 2.45) is 0 Å². The van der Waals surface area contributed by atoms with E-state index in [1.165, 1.54) is 11.8 Å². The first-order valence-electron chi connectivity index (χ1n) is 8.69. The van der Waals surface area contributed by atoms with E-state index in [0.29, 0.717) is 16.1 Å². The lowest BCUT2D eigenvalue weighted by atomic mass is 10.2. The van der Waals surface area contributed by atoms with Gasteiger partial charge in [-0.2, -0.15) is 9.97 Å². The zero-order valence-corrected chi connectivity index (χ0v) is 17.6. The number of hydrogen-bond acceptors (Lipinski definition) is 7. The Kier molecular flexibility index (Phi) is 5.96. The minimum atomic E-state index is 0.206. The number of aromatic nitrogens is 6. The number of nitrogens with zero attached hydrogens (tertiary/aromatic N) is 7. The van der Waals surface area contributed by atoms with Gasteiger partial charge in [0.25, 0.3) is 0 Å². The molecule has 0 atom stereocenters. The van der Waals surface area contributed by atoms with Gasteiger partial charge >= 0.3 is 0 Å². The van der Waals surface area contributed by atoms with Crippen LogP contribution in [0.4, 0.5) is 5.95 Å². The Morgan fingerprint density at radius 2 is 1.93 bits per heavy atom. The molecule has 0 N–H and O–H groups in total. The lowest BCUT2D eigenvalue weighted by Crippen LogP contribution is -2.16. The average Bonchev–Trinajstić information content (AvgIpc) is 3.03. The summed E-state index contributed by atoms with van der Waals surface area (Å²) >= 11 is 7.52. The van der Waals surface area contributed by atoms with Crippen molar-refractivity contribution < 1.29 is 0 Å². The zero-order chi connectivity index (χ0) is 19.6. The molecule has 0 unspecified atom stereocenters. The van der Waals surface area contributed by atoms with E-state index in [9.17, 15) is 0 Å². The van der Waals surface area contributed by atoms with Crippen LogP contribution in [0.1, 0.15) is 32.5 Å². The SMILES string of the molecule is CCn1c(Sc2nc(C(C)C)nc(N(C)C)n2)nnc1-c1cccc(Cl)c1. The van der Waals surface area contributed by atoms with Gasteiger partial charge in [-0.3, -0.25) is 0 Å². The molecule has 0 bridgehead atoms. The largest absolute Gasteiger partial charge is 0.347 e. The van der Waals surface area contributed by atoms with Crippen LogP contribution in [0, 0.1) is 0 Å². The third-order valence-corrected chi connectivity index (χ3v) is 4.92. The number of halogens is 1. The number of anilines is 1. The van der Waals surface area contributed by atoms with E-state index in [1.54, 1.807) is 0 Å². The molecule has 27 heavy (non-hydrogen) atoms. The Balaban J connectivity index is 1.99. The lowest BCUT2D eigenvalue weighted by Gasteiger charge is -2.14. The van der Waals surface area contributed by atoms with Crippen molar-refractivity contribution in [3.63, 3.8) is 0 Å². The van der Waals surface area contributed by atoms with E-state index in [1.807, 2.05) is 47.8 Å². The van der Waals surface area contributed by atoms with Crippen LogP contribution in [0.2, 0.25) is 5.02 Å². The molecular weight excluding hydrogens is 382 g/mol. The Bertz CT molecular complexity index is 913. The van der Waals surface area contributed by atoms with E-state index in [0.717, 1.165) is 28.9 Å². The van der Waals surface area contributed by atoms with E-state index in [2.05, 4.69) is 45.9 Å². The summed E-state index contributed by atoms with van der Waals surface area (Å²) < 4.78 is 2.03. The average molecular weight is 404 g/mol. The molecule has 0 spiro atoms. The Hall–Kier alpha value is -2.19. The van der Waals surface area contributed by atoms with Crippen LogP contribution in [0.25, 0.3) is 11.4 Å². The zero-order valence-electron chi connectivity index (χ0n) is 16.0. The van der Waals surface area contributed by atoms with Crippen LogP contribution >= 0.6 is 23.4 Å². The van der Waals surface area contributed by atoms with Gasteiger partial charge in [-0.15, -0.1) is 10.2 Å². The molecule has 2 heterocycles. The third-order valence-electron chi connectivity index (χ3n) is 3.84. The standard InChI is InChI=1S/C18H22ClN7S/c1-6-26-15(12-8-7-9-13(19)10-12)23-24-18(26)27-17-21-14(11(2)3)20-16(22-17)25(4)5/h7-11H,6H2,1-5H3. The summed E-state index contributed by atoms with van der Waals surface area (Å²) in [6.45, 7) is 6.91. The fraction of sp³-hybridized carbons (Fsp3) is 0.389. The van der Waals surface area contributed by atoms with Gasteiger partial charge < -0.3 is 9.47 Å². The van der Waals surface area contributed by atoms with Gasteiger partial charge in [-0.25, -0.2) is 4.98 Å². The summed E-state index contributed by atoms with van der Waals surface area (Å²) in [5.74, 6) is 2.37. The normalized spacial score (nSPS) is 11.2. The van der Waals surface area contributed by atoms with Crippen molar-refractivity contribution in [2.75, 3.05) is 19.0 Å². The summed E-state index contributed by atoms with van der Waals surface area (Å²) in [6.07, 6.45) is 0. The number of rotatable bonds is 6. The Labute approximate surface area is 168 Å². The van der Waals surface area contributed by atoms with Gasteiger partial charge in [0.1, 0.15) is 5.82 Å². The van der Waals surface area contributed by atoms with Gasteiger partial charge in [0.2, 0.25) is 11.1 Å². The molecule has 9 heteroatoms. The second-order valence-corrected chi connectivity index (χ2v) is 7.86. The molecule has 0 aliphatic heterocycles. The molecule has 0 aliphatic rings. The number of benzene rings is 1. The van der Waals surface area contributed by atoms with Crippen molar-refractivity contribution in [2.45, 2.75) is 43.5 Å². The van der Waals surface area contributed by atoms with Crippen molar-refractivity contribution in [1.29, 1.82) is 0 Å². The molecule has 0 radical (unpaired) electrons. The summed E-state index contributed by atoms with van der Waals surface area (Å²) in [7, 11) is 3.83. The van der Waals surface area contributed by atoms with Crippen molar-refractivity contribution in [1.82, 2.24) is 29.7 Å². The summed E-state index contributed by atoms with van der Waals surface area (Å²) in [4.78, 5) is 15.5. The maximum Gasteiger partial charge on any atom is 0.229 e. The van der Waals surface area contributed by atoms with Crippen LogP contribution in [0.15, 0.2) is 34.6 Å². The first-order valence-corrected chi connectivity index (χ1v) is 9.88. The van der Waals surface area contributed by atoms with Crippen LogP contribution in [0.3, 0.4) is 0 Å². The molecule has 2 aromatic heterocycles. The molecule has 1 aromatic carbocycles. The van der Waals surface area contributed by atoms with Crippen LogP contribution in [0.5, 0.6) is 0 Å². The first-order chi connectivity index (χ1) is 12.9. The van der Waals surface area contributed by atoms with E-state index < -0.39 is 0 Å². The predicted octanol–water partition coefficient (Wildman–Crippen LogP) is 4.14. The highest BCUT2D eigenvalue weighted by Crippen LogP contribution is 2.29. The molecule has 142 valence electrons. The molecular formula is C18H22ClN7S. The summed E-state index contributed by atoms with van der Waals surface area (Å²) in [5, 5.41) is 10.7. The highest BCUT2D eigenvalue weighted by Gasteiger charge is 2.18. The molecule has 0 saturated heterocycles. The van der Waals surface area contributed by atoms with Crippen LogP contribution in [-0.4, -0.2) is 43.8 Å². The molecule has 7 nitrogen and oxygen atoms in total. The highest BCUT2D eigenvalue weighted by atomic mass is 35.5. The fourth-order valence-electron chi connectivity index (χ4n) is 2.44. The topological polar surface area (TPSA) is 72.6 Å². The second-order valence-electron chi connectivity index (χ2n) is 6.49. The number of hydrogen-bond donors (Lipinski definition) is 0. The van der Waals surface area contributed by atoms with Gasteiger partial charge in [0.15, 0.2) is 11.0 Å². The molecule has 3 aromatic rings. The van der Waals surface area contributed by atoms with Crippen molar-refractivity contribution >= 4 is 29.3 Å². The maximum absolute atomic E-state index is 6.13. The fourth-order valence-corrected chi connectivity index (χ4v) is 3.46.